The SMILES string of the molecule is C#Cc1ccc(OCCCCCCCCCCOC(C)=O)c(F)c1. The van der Waals surface area contributed by atoms with E-state index < -0.39 is 5.82 Å². The second kappa shape index (κ2) is 12.4. The number of carbonyl (C=O) groups excluding carboxylic acids is 1. The van der Waals surface area contributed by atoms with E-state index in [4.69, 9.17) is 15.9 Å². The van der Waals surface area contributed by atoms with Crippen LogP contribution in [0.1, 0.15) is 63.9 Å². The summed E-state index contributed by atoms with van der Waals surface area (Å²) in [6, 6.07) is 4.58. The van der Waals surface area contributed by atoms with Crippen LogP contribution < -0.4 is 4.74 Å². The lowest BCUT2D eigenvalue weighted by atomic mass is 10.1. The maximum absolute atomic E-state index is 13.6. The number of unbranched alkanes of at least 4 members (excludes halogenated alkanes) is 7. The molecule has 0 spiro atoms. The van der Waals surface area contributed by atoms with Crippen molar-refractivity contribution >= 4 is 5.97 Å². The Labute approximate surface area is 144 Å². The maximum Gasteiger partial charge on any atom is 0.302 e. The van der Waals surface area contributed by atoms with Crippen molar-refractivity contribution in [3.05, 3.63) is 29.6 Å². The van der Waals surface area contributed by atoms with E-state index in [0.29, 0.717) is 18.8 Å². The van der Waals surface area contributed by atoms with Gasteiger partial charge < -0.3 is 9.47 Å². The summed E-state index contributed by atoms with van der Waals surface area (Å²) in [6.45, 7) is 2.49. The first kappa shape index (κ1) is 20.0. The molecule has 0 amide bonds. The number of ether oxygens (including phenoxy) is 2. The predicted molar refractivity (Wildman–Crippen MR) is 93.4 cm³/mol. The number of esters is 1. The first-order chi connectivity index (χ1) is 11.6. The van der Waals surface area contributed by atoms with Gasteiger partial charge in [-0.2, -0.15) is 0 Å². The van der Waals surface area contributed by atoms with E-state index in [1.807, 2.05) is 0 Å². The summed E-state index contributed by atoms with van der Waals surface area (Å²) in [5.74, 6) is 2.05. The van der Waals surface area contributed by atoms with Crippen LogP contribution in [0.25, 0.3) is 0 Å². The number of benzene rings is 1. The lowest BCUT2D eigenvalue weighted by molar-refractivity contribution is -0.141. The number of carbonyl (C=O) groups is 1. The molecular weight excluding hydrogens is 307 g/mol. The zero-order valence-electron chi connectivity index (χ0n) is 14.5. The third-order valence-corrected chi connectivity index (χ3v) is 3.70. The van der Waals surface area contributed by atoms with Crippen LogP contribution in [-0.2, 0) is 9.53 Å². The van der Waals surface area contributed by atoms with Crippen LogP contribution in [0.4, 0.5) is 4.39 Å². The number of halogens is 1. The molecule has 0 saturated heterocycles. The molecule has 0 bridgehead atoms. The quantitative estimate of drug-likeness (QED) is 0.311. The molecule has 0 saturated carbocycles. The molecular formula is C20H27FO3. The van der Waals surface area contributed by atoms with Crippen LogP contribution in [0.2, 0.25) is 0 Å². The maximum atomic E-state index is 13.6. The number of rotatable bonds is 12. The fourth-order valence-corrected chi connectivity index (χ4v) is 2.37. The van der Waals surface area contributed by atoms with Gasteiger partial charge in [-0.05, 0) is 31.0 Å². The van der Waals surface area contributed by atoms with E-state index in [1.165, 1.54) is 32.3 Å². The van der Waals surface area contributed by atoms with Gasteiger partial charge in [0.15, 0.2) is 11.6 Å². The Hall–Kier alpha value is -2.02. The number of hydrogen-bond donors (Lipinski definition) is 0. The fourth-order valence-electron chi connectivity index (χ4n) is 2.37. The second-order valence-corrected chi connectivity index (χ2v) is 5.81. The molecule has 0 atom stereocenters. The summed E-state index contributed by atoms with van der Waals surface area (Å²) in [4.78, 5) is 10.6. The summed E-state index contributed by atoms with van der Waals surface area (Å²) in [5.41, 5.74) is 0.521. The van der Waals surface area contributed by atoms with Gasteiger partial charge in [0.2, 0.25) is 0 Å². The van der Waals surface area contributed by atoms with Gasteiger partial charge in [0.05, 0.1) is 13.2 Å². The Kier molecular flexibility index (Phi) is 10.4. The molecule has 24 heavy (non-hydrogen) atoms. The minimum Gasteiger partial charge on any atom is -0.491 e. The van der Waals surface area contributed by atoms with Crippen LogP contribution in [0.3, 0.4) is 0 Å². The molecule has 4 heteroatoms. The molecule has 0 radical (unpaired) electrons. The summed E-state index contributed by atoms with van der Waals surface area (Å²) < 4.78 is 24.0. The highest BCUT2D eigenvalue weighted by Gasteiger charge is 2.03. The Morgan fingerprint density at radius 2 is 1.62 bits per heavy atom. The lowest BCUT2D eigenvalue weighted by Crippen LogP contribution is -2.00. The van der Waals surface area contributed by atoms with Gasteiger partial charge in [0, 0.05) is 12.5 Å². The van der Waals surface area contributed by atoms with Gasteiger partial charge in [-0.3, -0.25) is 4.79 Å². The second-order valence-electron chi connectivity index (χ2n) is 5.81. The van der Waals surface area contributed by atoms with E-state index in [-0.39, 0.29) is 11.7 Å². The molecule has 0 fully saturated rings. The highest BCUT2D eigenvalue weighted by molar-refractivity contribution is 5.65. The normalized spacial score (nSPS) is 10.2. The highest BCUT2D eigenvalue weighted by Crippen LogP contribution is 2.18. The smallest absolute Gasteiger partial charge is 0.302 e. The number of hydrogen-bond acceptors (Lipinski definition) is 3. The molecule has 0 aliphatic rings. The zero-order valence-corrected chi connectivity index (χ0v) is 14.5. The molecule has 0 heterocycles. The van der Waals surface area contributed by atoms with Gasteiger partial charge >= 0.3 is 5.97 Å². The van der Waals surface area contributed by atoms with E-state index in [1.54, 1.807) is 12.1 Å². The largest absolute Gasteiger partial charge is 0.491 e. The van der Waals surface area contributed by atoms with Gasteiger partial charge in [0.1, 0.15) is 0 Å². The molecule has 0 unspecified atom stereocenters. The van der Waals surface area contributed by atoms with Crippen molar-refractivity contribution in [3.8, 4) is 18.1 Å². The van der Waals surface area contributed by atoms with Crippen molar-refractivity contribution in [1.29, 1.82) is 0 Å². The monoisotopic (exact) mass is 334 g/mol. The van der Waals surface area contributed by atoms with E-state index in [9.17, 15) is 9.18 Å². The third-order valence-electron chi connectivity index (χ3n) is 3.70. The van der Waals surface area contributed by atoms with Crippen molar-refractivity contribution < 1.29 is 18.7 Å². The lowest BCUT2D eigenvalue weighted by Gasteiger charge is -2.07. The molecule has 0 aromatic heterocycles. The van der Waals surface area contributed by atoms with Crippen LogP contribution in [-0.4, -0.2) is 19.2 Å². The van der Waals surface area contributed by atoms with Crippen molar-refractivity contribution in [2.45, 2.75) is 58.3 Å². The van der Waals surface area contributed by atoms with Crippen LogP contribution in [0.15, 0.2) is 18.2 Å². The molecule has 132 valence electrons. The van der Waals surface area contributed by atoms with E-state index in [2.05, 4.69) is 5.92 Å². The van der Waals surface area contributed by atoms with Crippen molar-refractivity contribution in [2.75, 3.05) is 13.2 Å². The summed E-state index contributed by atoms with van der Waals surface area (Å²) in [6.07, 6.45) is 14.0. The van der Waals surface area contributed by atoms with E-state index in [0.717, 1.165) is 32.1 Å². The Morgan fingerprint density at radius 3 is 2.17 bits per heavy atom. The van der Waals surface area contributed by atoms with Crippen molar-refractivity contribution in [3.63, 3.8) is 0 Å². The van der Waals surface area contributed by atoms with E-state index >= 15 is 0 Å². The van der Waals surface area contributed by atoms with Crippen LogP contribution >= 0.6 is 0 Å². The highest BCUT2D eigenvalue weighted by atomic mass is 19.1. The standard InChI is InChI=1S/C20H27FO3/c1-3-18-12-13-20(19(21)16-18)24-15-11-9-7-5-4-6-8-10-14-23-17(2)22/h1,12-13,16H,4-11,14-15H2,2H3. The summed E-state index contributed by atoms with van der Waals surface area (Å²) in [5, 5.41) is 0. The molecule has 1 aromatic rings. The minimum atomic E-state index is -0.404. The Bertz CT molecular complexity index is 534. The number of terminal acetylenes is 1. The first-order valence-electron chi connectivity index (χ1n) is 8.66. The molecule has 1 rings (SSSR count). The van der Waals surface area contributed by atoms with Crippen molar-refractivity contribution in [2.24, 2.45) is 0 Å². The molecule has 0 aliphatic carbocycles. The first-order valence-corrected chi connectivity index (χ1v) is 8.66. The Balaban J connectivity index is 1.94. The molecule has 1 aromatic carbocycles. The van der Waals surface area contributed by atoms with Crippen LogP contribution in [0.5, 0.6) is 5.75 Å². The molecule has 3 nitrogen and oxygen atoms in total. The average molecular weight is 334 g/mol. The topological polar surface area (TPSA) is 35.5 Å². The van der Waals surface area contributed by atoms with Crippen molar-refractivity contribution in [1.82, 2.24) is 0 Å². The van der Waals surface area contributed by atoms with Gasteiger partial charge in [-0.25, -0.2) is 4.39 Å². The third kappa shape index (κ3) is 9.19. The fraction of sp³-hybridized carbons (Fsp3) is 0.550. The molecule has 0 N–H and O–H groups in total. The summed E-state index contributed by atoms with van der Waals surface area (Å²) in [7, 11) is 0. The Morgan fingerprint density at radius 1 is 1.04 bits per heavy atom. The average Bonchev–Trinajstić information content (AvgIpc) is 2.56. The van der Waals surface area contributed by atoms with Gasteiger partial charge in [-0.1, -0.05) is 44.4 Å². The van der Waals surface area contributed by atoms with Gasteiger partial charge in [0.25, 0.3) is 0 Å². The minimum absolute atomic E-state index is 0.205. The summed E-state index contributed by atoms with van der Waals surface area (Å²) >= 11 is 0. The predicted octanol–water partition coefficient (Wildman–Crippen LogP) is 4.87. The zero-order chi connectivity index (χ0) is 17.6. The van der Waals surface area contributed by atoms with Crippen LogP contribution in [0, 0.1) is 18.2 Å². The van der Waals surface area contributed by atoms with Gasteiger partial charge in [-0.15, -0.1) is 6.42 Å². The molecule has 0 aliphatic heterocycles.